The van der Waals surface area contributed by atoms with E-state index >= 15 is 0 Å². The molecule has 18 heavy (non-hydrogen) atoms. The van der Waals surface area contributed by atoms with E-state index in [-0.39, 0.29) is 23.6 Å². The van der Waals surface area contributed by atoms with E-state index in [1.807, 2.05) is 0 Å². The molecule has 0 radical (unpaired) electrons. The van der Waals surface area contributed by atoms with Crippen LogP contribution in [0.2, 0.25) is 0 Å². The lowest BCUT2D eigenvalue weighted by Crippen LogP contribution is -2.26. The number of nitrogens with zero attached hydrogens (tertiary/aromatic N) is 1. The van der Waals surface area contributed by atoms with Crippen molar-refractivity contribution in [1.82, 2.24) is 14.9 Å². The molecule has 0 spiro atoms. The van der Waals surface area contributed by atoms with Gasteiger partial charge in [-0.1, -0.05) is 0 Å². The zero-order valence-corrected chi connectivity index (χ0v) is 10.7. The number of H-pyrrole nitrogens is 1. The predicted molar refractivity (Wildman–Crippen MR) is 58.5 cm³/mol. The lowest BCUT2D eigenvalue weighted by Gasteiger charge is -2.08. The van der Waals surface area contributed by atoms with Crippen molar-refractivity contribution < 1.29 is 21.6 Å². The number of halogens is 3. The van der Waals surface area contributed by atoms with Gasteiger partial charge in [-0.2, -0.15) is 18.3 Å². The highest BCUT2D eigenvalue weighted by Crippen LogP contribution is 2.21. The molecular weight excluding hydrogens is 271 g/mol. The monoisotopic (exact) mass is 285 g/mol. The van der Waals surface area contributed by atoms with E-state index in [4.69, 9.17) is 0 Å². The summed E-state index contributed by atoms with van der Waals surface area (Å²) in [5.41, 5.74) is 0.645. The average molecular weight is 285 g/mol. The van der Waals surface area contributed by atoms with Crippen LogP contribution in [0.5, 0.6) is 0 Å². The molecule has 0 amide bonds. The predicted octanol–water partition coefficient (Wildman–Crippen LogP) is 1.65. The molecular formula is C9H14F3N3O2S. The van der Waals surface area contributed by atoms with Crippen molar-refractivity contribution in [2.45, 2.75) is 37.8 Å². The van der Waals surface area contributed by atoms with Crippen LogP contribution in [0.4, 0.5) is 13.2 Å². The molecule has 1 heterocycles. The summed E-state index contributed by atoms with van der Waals surface area (Å²) in [6.45, 7) is 2.78. The molecule has 1 aromatic rings. The van der Waals surface area contributed by atoms with Crippen molar-refractivity contribution >= 4 is 10.0 Å². The normalized spacial score (nSPS) is 12.9. The van der Waals surface area contributed by atoms with Gasteiger partial charge < -0.3 is 0 Å². The highest BCUT2D eigenvalue weighted by molar-refractivity contribution is 7.89. The Hall–Kier alpha value is -1.09. The Morgan fingerprint density at radius 1 is 1.33 bits per heavy atom. The number of rotatable bonds is 5. The molecule has 1 rings (SSSR count). The van der Waals surface area contributed by atoms with Crippen LogP contribution in [0.3, 0.4) is 0 Å². The summed E-state index contributed by atoms with van der Waals surface area (Å²) >= 11 is 0. The first-order chi connectivity index (χ1) is 8.13. The van der Waals surface area contributed by atoms with Gasteiger partial charge in [-0.05, 0) is 20.3 Å². The Labute approximate surface area is 103 Å². The van der Waals surface area contributed by atoms with Crippen LogP contribution in [-0.2, 0) is 10.0 Å². The second-order valence-electron chi connectivity index (χ2n) is 3.88. The number of hydrogen-bond acceptors (Lipinski definition) is 3. The fraction of sp³-hybridized carbons (Fsp3) is 0.667. The van der Waals surface area contributed by atoms with Gasteiger partial charge in [-0.3, -0.25) is 5.10 Å². The molecule has 5 nitrogen and oxygen atoms in total. The first-order valence-corrected chi connectivity index (χ1v) is 6.70. The third-order valence-electron chi connectivity index (χ3n) is 2.26. The quantitative estimate of drug-likeness (QED) is 0.808. The van der Waals surface area contributed by atoms with Crippen molar-refractivity contribution in [3.05, 3.63) is 11.4 Å². The minimum absolute atomic E-state index is 0.00508. The van der Waals surface area contributed by atoms with E-state index < -0.39 is 22.6 Å². The number of aromatic nitrogens is 2. The van der Waals surface area contributed by atoms with Gasteiger partial charge in [-0.25, -0.2) is 13.1 Å². The number of nitrogens with one attached hydrogen (secondary N) is 2. The molecule has 1 aromatic heterocycles. The van der Waals surface area contributed by atoms with Crippen molar-refractivity contribution in [3.63, 3.8) is 0 Å². The summed E-state index contributed by atoms with van der Waals surface area (Å²) in [6, 6.07) is 0. The van der Waals surface area contributed by atoms with Crippen LogP contribution in [0, 0.1) is 13.8 Å². The zero-order valence-electron chi connectivity index (χ0n) is 9.93. The highest BCUT2D eigenvalue weighted by Gasteiger charge is 2.27. The number of hydrogen-bond donors (Lipinski definition) is 2. The molecule has 0 aliphatic heterocycles. The molecule has 104 valence electrons. The number of aryl methyl sites for hydroxylation is 2. The minimum Gasteiger partial charge on any atom is -0.281 e. The maximum Gasteiger partial charge on any atom is 0.389 e. The maximum atomic E-state index is 11.9. The largest absolute Gasteiger partial charge is 0.389 e. The Kier molecular flexibility index (Phi) is 4.38. The molecule has 0 aliphatic carbocycles. The Balaban J connectivity index is 2.62. The molecule has 0 unspecified atom stereocenters. The van der Waals surface area contributed by atoms with E-state index in [2.05, 4.69) is 14.9 Å². The van der Waals surface area contributed by atoms with Crippen LogP contribution in [0.25, 0.3) is 0 Å². The SMILES string of the molecule is Cc1n[nH]c(C)c1S(=O)(=O)NCCCC(F)(F)F. The Bertz CT molecular complexity index is 488. The van der Waals surface area contributed by atoms with Gasteiger partial charge in [-0.15, -0.1) is 0 Å². The summed E-state index contributed by atoms with van der Waals surface area (Å²) in [5, 5.41) is 6.23. The minimum atomic E-state index is -4.27. The third-order valence-corrected chi connectivity index (χ3v) is 3.98. The second kappa shape index (κ2) is 5.27. The van der Waals surface area contributed by atoms with E-state index in [9.17, 15) is 21.6 Å². The van der Waals surface area contributed by atoms with Gasteiger partial charge in [0.2, 0.25) is 10.0 Å². The Morgan fingerprint density at radius 3 is 2.39 bits per heavy atom. The molecule has 0 bridgehead atoms. The fourth-order valence-electron chi connectivity index (χ4n) is 1.50. The maximum absolute atomic E-state index is 11.9. The van der Waals surface area contributed by atoms with E-state index in [0.29, 0.717) is 5.69 Å². The standard InChI is InChI=1S/C9H14F3N3O2S/c1-6-8(7(2)15-14-6)18(16,17)13-5-3-4-9(10,11)12/h13H,3-5H2,1-2H3,(H,14,15). The van der Waals surface area contributed by atoms with Gasteiger partial charge >= 0.3 is 6.18 Å². The van der Waals surface area contributed by atoms with Crippen LogP contribution in [0.15, 0.2) is 4.90 Å². The van der Waals surface area contributed by atoms with Crippen molar-refractivity contribution in [1.29, 1.82) is 0 Å². The zero-order chi connectivity index (χ0) is 14.0. The van der Waals surface area contributed by atoms with Crippen LogP contribution >= 0.6 is 0 Å². The molecule has 2 N–H and O–H groups in total. The van der Waals surface area contributed by atoms with Gasteiger partial charge in [0.25, 0.3) is 0 Å². The van der Waals surface area contributed by atoms with Gasteiger partial charge in [0.15, 0.2) is 0 Å². The third kappa shape index (κ3) is 3.98. The molecule has 0 atom stereocenters. The van der Waals surface area contributed by atoms with E-state index in [1.54, 1.807) is 0 Å². The van der Waals surface area contributed by atoms with Crippen LogP contribution in [-0.4, -0.2) is 31.3 Å². The fourth-order valence-corrected chi connectivity index (χ4v) is 2.94. The molecule has 0 aliphatic rings. The molecule has 0 saturated carbocycles. The van der Waals surface area contributed by atoms with Gasteiger partial charge in [0.1, 0.15) is 4.90 Å². The number of sulfonamides is 1. The average Bonchev–Trinajstić information content (AvgIpc) is 2.52. The molecule has 0 fully saturated rings. The molecule has 0 aromatic carbocycles. The molecule has 9 heteroatoms. The summed E-state index contributed by atoms with van der Waals surface area (Å²) in [4.78, 5) is -0.00508. The van der Waals surface area contributed by atoms with Crippen LogP contribution < -0.4 is 4.72 Å². The Morgan fingerprint density at radius 2 is 1.94 bits per heavy atom. The van der Waals surface area contributed by atoms with E-state index in [1.165, 1.54) is 13.8 Å². The first-order valence-electron chi connectivity index (χ1n) is 5.21. The lowest BCUT2D eigenvalue weighted by atomic mass is 10.3. The van der Waals surface area contributed by atoms with Crippen LogP contribution in [0.1, 0.15) is 24.2 Å². The smallest absolute Gasteiger partial charge is 0.281 e. The summed E-state index contributed by atoms with van der Waals surface area (Å²) < 4.78 is 61.4. The number of alkyl halides is 3. The lowest BCUT2D eigenvalue weighted by molar-refractivity contribution is -0.135. The molecule has 0 saturated heterocycles. The van der Waals surface area contributed by atoms with Crippen molar-refractivity contribution in [2.24, 2.45) is 0 Å². The van der Waals surface area contributed by atoms with Gasteiger partial charge in [0, 0.05) is 13.0 Å². The first kappa shape index (κ1) is 15.0. The van der Waals surface area contributed by atoms with Gasteiger partial charge in [0.05, 0.1) is 11.4 Å². The van der Waals surface area contributed by atoms with Crippen molar-refractivity contribution in [2.75, 3.05) is 6.54 Å². The second-order valence-corrected chi connectivity index (χ2v) is 5.58. The summed E-state index contributed by atoms with van der Waals surface area (Å²) in [7, 11) is -3.81. The highest BCUT2D eigenvalue weighted by atomic mass is 32.2. The number of aromatic amines is 1. The summed E-state index contributed by atoms with van der Waals surface area (Å²) in [5.74, 6) is 0. The van der Waals surface area contributed by atoms with Crippen molar-refractivity contribution in [3.8, 4) is 0 Å². The van der Waals surface area contributed by atoms with E-state index in [0.717, 1.165) is 0 Å². The summed E-state index contributed by atoms with van der Waals surface area (Å²) in [6.07, 6.45) is -5.58. The topological polar surface area (TPSA) is 74.8 Å².